The number of nitrogens with zero attached hydrogens (tertiary/aromatic N) is 1. The van der Waals surface area contributed by atoms with Crippen molar-refractivity contribution in [2.24, 2.45) is 0 Å². The van der Waals surface area contributed by atoms with Gasteiger partial charge in [-0.2, -0.15) is 5.26 Å². The Morgan fingerprint density at radius 2 is 2.25 bits per heavy atom. The van der Waals surface area contributed by atoms with Gasteiger partial charge in [-0.25, -0.2) is 0 Å². The molecule has 2 N–H and O–H groups in total. The molecule has 1 atom stereocenters. The molecule has 0 fully saturated rings. The van der Waals surface area contributed by atoms with Crippen LogP contribution in [-0.4, -0.2) is 11.1 Å². The number of phenols is 1. The monoisotopic (exact) mass is 218 g/mol. The Labute approximate surface area is 96.7 Å². The average Bonchev–Trinajstić information content (AvgIpc) is 2.28. The largest absolute Gasteiger partial charge is 0.506 e. The van der Waals surface area contributed by atoms with Crippen molar-refractivity contribution in [2.45, 2.75) is 39.2 Å². The van der Waals surface area contributed by atoms with E-state index in [0.717, 1.165) is 24.8 Å². The van der Waals surface area contributed by atoms with E-state index in [1.54, 1.807) is 12.1 Å². The van der Waals surface area contributed by atoms with Crippen molar-refractivity contribution < 1.29 is 5.11 Å². The molecule has 1 aromatic rings. The van der Waals surface area contributed by atoms with Crippen molar-refractivity contribution in [3.05, 3.63) is 23.8 Å². The van der Waals surface area contributed by atoms with E-state index in [1.807, 2.05) is 13.0 Å². The molecule has 0 saturated carbocycles. The molecule has 0 spiro atoms. The van der Waals surface area contributed by atoms with Crippen molar-refractivity contribution in [2.75, 3.05) is 5.32 Å². The maximum absolute atomic E-state index is 9.69. The molecule has 1 aromatic carbocycles. The third-order valence-electron chi connectivity index (χ3n) is 2.57. The van der Waals surface area contributed by atoms with E-state index in [0.29, 0.717) is 5.69 Å². The summed E-state index contributed by atoms with van der Waals surface area (Å²) in [4.78, 5) is 0. The van der Waals surface area contributed by atoms with E-state index in [9.17, 15) is 5.11 Å². The molecule has 0 aliphatic carbocycles. The normalized spacial score (nSPS) is 11.8. The number of anilines is 1. The highest BCUT2D eigenvalue weighted by Crippen LogP contribution is 2.27. The first-order valence-electron chi connectivity index (χ1n) is 5.63. The van der Waals surface area contributed by atoms with E-state index in [1.165, 1.54) is 0 Å². The molecule has 0 radical (unpaired) electrons. The molecule has 0 amide bonds. The van der Waals surface area contributed by atoms with E-state index in [2.05, 4.69) is 18.3 Å². The quantitative estimate of drug-likeness (QED) is 0.746. The zero-order valence-corrected chi connectivity index (χ0v) is 9.83. The van der Waals surface area contributed by atoms with Crippen LogP contribution in [0.3, 0.4) is 0 Å². The number of nitriles is 1. The lowest BCUT2D eigenvalue weighted by Gasteiger charge is -2.15. The van der Waals surface area contributed by atoms with Gasteiger partial charge in [0.1, 0.15) is 11.8 Å². The SMILES string of the molecule is CCCCC(C#N)Nc1c(C)cccc1O. The Morgan fingerprint density at radius 3 is 2.81 bits per heavy atom. The first-order chi connectivity index (χ1) is 7.69. The number of hydrogen-bond donors (Lipinski definition) is 2. The molecule has 16 heavy (non-hydrogen) atoms. The summed E-state index contributed by atoms with van der Waals surface area (Å²) < 4.78 is 0. The molecule has 86 valence electrons. The van der Waals surface area contributed by atoms with Gasteiger partial charge in [0.15, 0.2) is 0 Å². The number of phenolic OH excluding ortho intramolecular Hbond substituents is 1. The molecule has 3 nitrogen and oxygen atoms in total. The van der Waals surface area contributed by atoms with Crippen LogP contribution >= 0.6 is 0 Å². The van der Waals surface area contributed by atoms with Crippen LogP contribution in [0.15, 0.2) is 18.2 Å². The third kappa shape index (κ3) is 3.16. The summed E-state index contributed by atoms with van der Waals surface area (Å²) in [6.45, 7) is 4.01. The minimum absolute atomic E-state index is 0.205. The second kappa shape index (κ2) is 6.02. The second-order valence-electron chi connectivity index (χ2n) is 3.94. The highest BCUT2D eigenvalue weighted by atomic mass is 16.3. The van der Waals surface area contributed by atoms with Gasteiger partial charge in [-0.15, -0.1) is 0 Å². The Bertz CT molecular complexity index is 362. The molecule has 3 heteroatoms. The van der Waals surface area contributed by atoms with Crippen molar-refractivity contribution in [1.82, 2.24) is 0 Å². The van der Waals surface area contributed by atoms with Gasteiger partial charge >= 0.3 is 0 Å². The van der Waals surface area contributed by atoms with Gasteiger partial charge in [0, 0.05) is 0 Å². The van der Waals surface area contributed by atoms with Crippen LogP contribution in [0.1, 0.15) is 31.7 Å². The molecule has 1 rings (SSSR count). The lowest BCUT2D eigenvalue weighted by molar-refractivity contribution is 0.476. The van der Waals surface area contributed by atoms with Crippen LogP contribution in [0.5, 0.6) is 5.75 Å². The minimum atomic E-state index is -0.230. The van der Waals surface area contributed by atoms with Crippen molar-refractivity contribution in [3.63, 3.8) is 0 Å². The smallest absolute Gasteiger partial charge is 0.138 e. The summed E-state index contributed by atoms with van der Waals surface area (Å²) in [7, 11) is 0. The number of hydrogen-bond acceptors (Lipinski definition) is 3. The number of rotatable bonds is 5. The van der Waals surface area contributed by atoms with Crippen LogP contribution in [0, 0.1) is 18.3 Å². The highest BCUT2D eigenvalue weighted by molar-refractivity contribution is 5.61. The van der Waals surface area contributed by atoms with Crippen molar-refractivity contribution in [1.29, 1.82) is 5.26 Å². The Kier molecular flexibility index (Phi) is 4.65. The maximum Gasteiger partial charge on any atom is 0.138 e. The van der Waals surface area contributed by atoms with Gasteiger partial charge in [-0.3, -0.25) is 0 Å². The summed E-state index contributed by atoms with van der Waals surface area (Å²) in [6.07, 6.45) is 2.89. The van der Waals surface area contributed by atoms with E-state index in [4.69, 9.17) is 5.26 Å². The zero-order valence-electron chi connectivity index (χ0n) is 9.83. The fourth-order valence-electron chi connectivity index (χ4n) is 1.59. The predicted molar refractivity (Wildman–Crippen MR) is 65.4 cm³/mol. The summed E-state index contributed by atoms with van der Waals surface area (Å²) in [5.74, 6) is 0.205. The molecule has 0 saturated heterocycles. The van der Waals surface area contributed by atoms with Gasteiger partial charge < -0.3 is 10.4 Å². The lowest BCUT2D eigenvalue weighted by atomic mass is 10.1. The number of nitrogens with one attached hydrogen (secondary N) is 1. The van der Waals surface area contributed by atoms with Crippen LogP contribution in [0.4, 0.5) is 5.69 Å². The fourth-order valence-corrected chi connectivity index (χ4v) is 1.59. The first kappa shape index (κ1) is 12.4. The number of aryl methyl sites for hydroxylation is 1. The van der Waals surface area contributed by atoms with Gasteiger partial charge in [-0.05, 0) is 25.0 Å². The summed E-state index contributed by atoms with van der Waals surface area (Å²) in [5.41, 5.74) is 1.63. The Balaban J connectivity index is 2.74. The fraction of sp³-hybridized carbons (Fsp3) is 0.462. The Morgan fingerprint density at radius 1 is 1.50 bits per heavy atom. The van der Waals surface area contributed by atoms with Gasteiger partial charge in [0.05, 0.1) is 11.8 Å². The number of aromatic hydroxyl groups is 1. The molecule has 0 bridgehead atoms. The maximum atomic E-state index is 9.69. The number of benzene rings is 1. The van der Waals surface area contributed by atoms with Crippen LogP contribution in [0.25, 0.3) is 0 Å². The summed E-state index contributed by atoms with van der Waals surface area (Å²) in [6, 6.07) is 7.32. The molecule has 0 aliphatic rings. The van der Waals surface area contributed by atoms with Crippen molar-refractivity contribution >= 4 is 5.69 Å². The van der Waals surface area contributed by atoms with E-state index in [-0.39, 0.29) is 11.8 Å². The second-order valence-corrected chi connectivity index (χ2v) is 3.94. The first-order valence-corrected chi connectivity index (χ1v) is 5.63. The molecule has 0 heterocycles. The van der Waals surface area contributed by atoms with Gasteiger partial charge in [0.2, 0.25) is 0 Å². The Hall–Kier alpha value is -1.69. The highest BCUT2D eigenvalue weighted by Gasteiger charge is 2.10. The zero-order chi connectivity index (χ0) is 12.0. The van der Waals surface area contributed by atoms with Crippen LogP contribution < -0.4 is 5.32 Å². The topological polar surface area (TPSA) is 56.0 Å². The third-order valence-corrected chi connectivity index (χ3v) is 2.57. The van der Waals surface area contributed by atoms with Crippen LogP contribution in [0.2, 0.25) is 0 Å². The summed E-state index contributed by atoms with van der Waals surface area (Å²) >= 11 is 0. The van der Waals surface area contributed by atoms with Crippen LogP contribution in [-0.2, 0) is 0 Å². The van der Waals surface area contributed by atoms with E-state index < -0.39 is 0 Å². The molecular weight excluding hydrogens is 200 g/mol. The number of para-hydroxylation sites is 1. The van der Waals surface area contributed by atoms with E-state index >= 15 is 0 Å². The summed E-state index contributed by atoms with van der Waals surface area (Å²) in [5, 5.41) is 21.8. The van der Waals surface area contributed by atoms with Crippen molar-refractivity contribution in [3.8, 4) is 11.8 Å². The minimum Gasteiger partial charge on any atom is -0.506 e. The molecule has 0 aromatic heterocycles. The predicted octanol–water partition coefficient (Wildman–Crippen LogP) is 3.19. The van der Waals surface area contributed by atoms with Gasteiger partial charge in [0.25, 0.3) is 0 Å². The number of unbranched alkanes of at least 4 members (excludes halogenated alkanes) is 1. The molecule has 0 aliphatic heterocycles. The standard InChI is InChI=1S/C13H18N2O/c1-3-4-7-11(9-14)15-13-10(2)6-5-8-12(13)16/h5-6,8,11,15-16H,3-4,7H2,1-2H3. The average molecular weight is 218 g/mol. The molecule has 1 unspecified atom stereocenters. The lowest BCUT2D eigenvalue weighted by Crippen LogP contribution is -2.17. The van der Waals surface area contributed by atoms with Gasteiger partial charge in [-0.1, -0.05) is 31.9 Å². The molecular formula is C13H18N2O.